The molecule has 0 bridgehead atoms. The second-order valence-corrected chi connectivity index (χ2v) is 7.89. The molecule has 106 valence electrons. The highest BCUT2D eigenvalue weighted by molar-refractivity contribution is 7.90. The van der Waals surface area contributed by atoms with Crippen LogP contribution in [0.25, 0.3) is 0 Å². The summed E-state index contributed by atoms with van der Waals surface area (Å²) in [6, 6.07) is 0. The monoisotopic (exact) mass is 274 g/mol. The van der Waals surface area contributed by atoms with Gasteiger partial charge in [0.05, 0.1) is 5.25 Å². The molecule has 0 radical (unpaired) electrons. The fraction of sp³-hybridized carbons (Fsp3) is 1.00. The van der Waals surface area contributed by atoms with Crippen molar-refractivity contribution in [3.63, 3.8) is 0 Å². The Bertz CT molecular complexity index is 350. The van der Waals surface area contributed by atoms with Gasteiger partial charge in [-0.05, 0) is 44.1 Å². The van der Waals surface area contributed by atoms with E-state index in [1.165, 1.54) is 12.8 Å². The molecule has 2 atom stereocenters. The third-order valence-electron chi connectivity index (χ3n) is 4.66. The van der Waals surface area contributed by atoms with E-state index in [-0.39, 0.29) is 5.25 Å². The van der Waals surface area contributed by atoms with Gasteiger partial charge in [-0.1, -0.05) is 25.7 Å². The molecule has 0 heterocycles. The van der Waals surface area contributed by atoms with Gasteiger partial charge in [0.2, 0.25) is 10.0 Å². The second kappa shape index (κ2) is 6.35. The van der Waals surface area contributed by atoms with Gasteiger partial charge in [0.15, 0.2) is 0 Å². The minimum Gasteiger partial charge on any atom is -0.330 e. The van der Waals surface area contributed by atoms with Gasteiger partial charge in [0.1, 0.15) is 0 Å². The number of nitrogens with two attached hydrogens (primary N) is 1. The van der Waals surface area contributed by atoms with Crippen molar-refractivity contribution in [1.29, 1.82) is 0 Å². The van der Waals surface area contributed by atoms with Gasteiger partial charge in [0.25, 0.3) is 0 Å². The molecule has 0 aromatic heterocycles. The lowest BCUT2D eigenvalue weighted by Gasteiger charge is -2.24. The minimum atomic E-state index is -3.09. The highest BCUT2D eigenvalue weighted by Crippen LogP contribution is 2.31. The molecule has 2 rings (SSSR count). The standard InChI is InChI=1S/C13H26N2O2S/c14-9-11-5-4-6-12(11)10-15-18(16,17)13-7-2-1-3-8-13/h11-13,15H,1-10,14H2. The Morgan fingerprint density at radius 1 is 0.944 bits per heavy atom. The van der Waals surface area contributed by atoms with Crippen molar-refractivity contribution in [2.75, 3.05) is 13.1 Å². The zero-order chi connectivity index (χ0) is 13.0. The van der Waals surface area contributed by atoms with Crippen LogP contribution in [-0.4, -0.2) is 26.8 Å². The van der Waals surface area contributed by atoms with Crippen molar-refractivity contribution in [3.8, 4) is 0 Å². The lowest BCUT2D eigenvalue weighted by Crippen LogP contribution is -2.39. The molecule has 0 aromatic carbocycles. The summed E-state index contributed by atoms with van der Waals surface area (Å²) < 4.78 is 27.2. The summed E-state index contributed by atoms with van der Waals surface area (Å²) in [6.07, 6.45) is 8.43. The first-order chi connectivity index (χ1) is 8.63. The Labute approximate surface area is 111 Å². The highest BCUT2D eigenvalue weighted by atomic mass is 32.2. The summed E-state index contributed by atoms with van der Waals surface area (Å²) in [6.45, 7) is 1.29. The third-order valence-corrected chi connectivity index (χ3v) is 6.58. The Morgan fingerprint density at radius 3 is 2.28 bits per heavy atom. The topological polar surface area (TPSA) is 72.2 Å². The van der Waals surface area contributed by atoms with Crippen molar-refractivity contribution in [2.24, 2.45) is 17.6 Å². The molecular weight excluding hydrogens is 248 g/mol. The fourth-order valence-electron chi connectivity index (χ4n) is 3.41. The molecule has 2 aliphatic rings. The molecule has 2 unspecified atom stereocenters. The zero-order valence-corrected chi connectivity index (χ0v) is 11.9. The maximum absolute atomic E-state index is 12.2. The molecular formula is C13H26N2O2S. The van der Waals surface area contributed by atoms with Gasteiger partial charge in [0, 0.05) is 6.54 Å². The summed E-state index contributed by atoms with van der Waals surface area (Å²) in [5, 5.41) is -0.149. The van der Waals surface area contributed by atoms with Crippen molar-refractivity contribution in [1.82, 2.24) is 4.72 Å². The third kappa shape index (κ3) is 3.45. The van der Waals surface area contributed by atoms with Crippen LogP contribution in [0.4, 0.5) is 0 Å². The van der Waals surface area contributed by atoms with Gasteiger partial charge >= 0.3 is 0 Å². The molecule has 4 nitrogen and oxygen atoms in total. The zero-order valence-electron chi connectivity index (χ0n) is 11.1. The summed E-state index contributed by atoms with van der Waals surface area (Å²) in [5.74, 6) is 0.965. The van der Waals surface area contributed by atoms with Crippen molar-refractivity contribution < 1.29 is 8.42 Å². The smallest absolute Gasteiger partial charge is 0.214 e. The maximum Gasteiger partial charge on any atom is 0.214 e. The van der Waals surface area contributed by atoms with E-state index in [0.29, 0.717) is 24.9 Å². The molecule has 2 aliphatic carbocycles. The van der Waals surface area contributed by atoms with Crippen LogP contribution in [0, 0.1) is 11.8 Å². The van der Waals surface area contributed by atoms with Gasteiger partial charge in [-0.3, -0.25) is 0 Å². The first-order valence-corrected chi connectivity index (χ1v) is 8.86. The minimum absolute atomic E-state index is 0.149. The van der Waals surface area contributed by atoms with Crippen molar-refractivity contribution in [3.05, 3.63) is 0 Å². The molecule has 0 amide bonds. The van der Waals surface area contributed by atoms with Crippen molar-refractivity contribution in [2.45, 2.75) is 56.6 Å². The van der Waals surface area contributed by atoms with Crippen LogP contribution in [-0.2, 0) is 10.0 Å². The van der Waals surface area contributed by atoms with Crippen LogP contribution in [0.5, 0.6) is 0 Å². The molecule has 0 aliphatic heterocycles. The van der Waals surface area contributed by atoms with E-state index in [4.69, 9.17) is 5.73 Å². The van der Waals surface area contributed by atoms with Crippen LogP contribution >= 0.6 is 0 Å². The quantitative estimate of drug-likeness (QED) is 0.800. The number of sulfonamides is 1. The lowest BCUT2D eigenvalue weighted by atomic mass is 9.97. The summed E-state index contributed by atoms with van der Waals surface area (Å²) in [7, 11) is -3.09. The molecule has 0 saturated heterocycles. The molecule has 5 heteroatoms. The fourth-order valence-corrected chi connectivity index (χ4v) is 5.05. The first kappa shape index (κ1) is 14.3. The van der Waals surface area contributed by atoms with Gasteiger partial charge in [-0.25, -0.2) is 13.1 Å². The highest BCUT2D eigenvalue weighted by Gasteiger charge is 2.30. The van der Waals surface area contributed by atoms with E-state index in [0.717, 1.165) is 38.5 Å². The van der Waals surface area contributed by atoms with E-state index in [9.17, 15) is 8.42 Å². The SMILES string of the molecule is NCC1CCCC1CNS(=O)(=O)C1CCCCC1. The largest absolute Gasteiger partial charge is 0.330 e. The van der Waals surface area contributed by atoms with Crippen molar-refractivity contribution >= 4 is 10.0 Å². The molecule has 2 fully saturated rings. The van der Waals surface area contributed by atoms with E-state index < -0.39 is 10.0 Å². The normalized spacial score (nSPS) is 30.7. The van der Waals surface area contributed by atoms with Gasteiger partial charge < -0.3 is 5.73 Å². The van der Waals surface area contributed by atoms with Crippen LogP contribution in [0.2, 0.25) is 0 Å². The van der Waals surface area contributed by atoms with Gasteiger partial charge in [-0.15, -0.1) is 0 Å². The summed E-state index contributed by atoms with van der Waals surface area (Å²) in [4.78, 5) is 0. The Balaban J connectivity index is 1.84. The molecule has 2 saturated carbocycles. The van der Waals surface area contributed by atoms with Crippen LogP contribution in [0.3, 0.4) is 0 Å². The molecule has 18 heavy (non-hydrogen) atoms. The van der Waals surface area contributed by atoms with Crippen LogP contribution in [0.15, 0.2) is 0 Å². The Hall–Kier alpha value is -0.130. The lowest BCUT2D eigenvalue weighted by molar-refractivity contribution is 0.390. The predicted molar refractivity (Wildman–Crippen MR) is 73.7 cm³/mol. The number of nitrogens with one attached hydrogen (secondary N) is 1. The van der Waals surface area contributed by atoms with E-state index >= 15 is 0 Å². The first-order valence-electron chi connectivity index (χ1n) is 7.32. The average Bonchev–Trinajstić information content (AvgIpc) is 2.85. The molecule has 0 aromatic rings. The number of hydrogen-bond acceptors (Lipinski definition) is 3. The number of rotatable bonds is 5. The predicted octanol–water partition coefficient (Wildman–Crippen LogP) is 1.61. The molecule has 3 N–H and O–H groups in total. The van der Waals surface area contributed by atoms with E-state index in [2.05, 4.69) is 4.72 Å². The van der Waals surface area contributed by atoms with E-state index in [1.807, 2.05) is 0 Å². The second-order valence-electron chi connectivity index (χ2n) is 5.84. The molecule has 0 spiro atoms. The Morgan fingerprint density at radius 2 is 1.61 bits per heavy atom. The Kier molecular flexibility index (Phi) is 5.04. The van der Waals surface area contributed by atoms with Gasteiger partial charge in [-0.2, -0.15) is 0 Å². The summed E-state index contributed by atoms with van der Waals surface area (Å²) in [5.41, 5.74) is 5.73. The number of hydrogen-bond donors (Lipinski definition) is 2. The van der Waals surface area contributed by atoms with E-state index in [1.54, 1.807) is 0 Å². The average molecular weight is 274 g/mol. The maximum atomic E-state index is 12.2. The van der Waals surface area contributed by atoms with Crippen LogP contribution < -0.4 is 10.5 Å². The summed E-state index contributed by atoms with van der Waals surface area (Å²) >= 11 is 0. The van der Waals surface area contributed by atoms with Crippen LogP contribution in [0.1, 0.15) is 51.4 Å².